The van der Waals surface area contributed by atoms with Crippen molar-refractivity contribution in [1.29, 1.82) is 5.26 Å². The zero-order chi connectivity index (χ0) is 13.8. The minimum atomic E-state index is -4.59. The number of rotatable bonds is 5. The molecule has 1 aromatic heterocycles. The Bertz CT molecular complexity index is 435. The Morgan fingerprint density at radius 2 is 2.17 bits per heavy atom. The molecule has 0 aromatic carbocycles. The molecule has 18 heavy (non-hydrogen) atoms. The van der Waals surface area contributed by atoms with Crippen molar-refractivity contribution in [3.63, 3.8) is 0 Å². The van der Waals surface area contributed by atoms with Crippen LogP contribution in [0.3, 0.4) is 0 Å². The van der Waals surface area contributed by atoms with E-state index in [0.29, 0.717) is 6.42 Å². The van der Waals surface area contributed by atoms with Crippen LogP contribution in [0.2, 0.25) is 0 Å². The predicted octanol–water partition coefficient (Wildman–Crippen LogP) is 1.38. The molecule has 0 saturated heterocycles. The van der Waals surface area contributed by atoms with Gasteiger partial charge in [-0.3, -0.25) is 0 Å². The predicted molar refractivity (Wildman–Crippen MR) is 55.2 cm³/mol. The number of nitrogens with zero attached hydrogens (tertiary/aromatic N) is 4. The summed E-state index contributed by atoms with van der Waals surface area (Å²) in [5.74, 6) is -0.160. The van der Waals surface area contributed by atoms with Crippen molar-refractivity contribution in [2.24, 2.45) is 5.92 Å². The summed E-state index contributed by atoms with van der Waals surface area (Å²) in [5.41, 5.74) is -1.34. The highest BCUT2D eigenvalue weighted by Gasteiger charge is 2.39. The summed E-state index contributed by atoms with van der Waals surface area (Å²) >= 11 is 0. The van der Waals surface area contributed by atoms with E-state index < -0.39 is 18.3 Å². The average Bonchev–Trinajstić information content (AvgIpc) is 2.61. The first kappa shape index (κ1) is 14.4. The van der Waals surface area contributed by atoms with Crippen LogP contribution in [0.4, 0.5) is 13.2 Å². The van der Waals surface area contributed by atoms with Crippen LogP contribution >= 0.6 is 0 Å². The van der Waals surface area contributed by atoms with Gasteiger partial charge >= 0.3 is 6.18 Å². The van der Waals surface area contributed by atoms with Crippen molar-refractivity contribution in [3.8, 4) is 6.07 Å². The summed E-state index contributed by atoms with van der Waals surface area (Å²) in [6.07, 6.45) is -4.64. The van der Waals surface area contributed by atoms with E-state index in [9.17, 15) is 13.2 Å². The number of aromatic nitrogens is 3. The van der Waals surface area contributed by atoms with Crippen molar-refractivity contribution in [1.82, 2.24) is 15.0 Å². The van der Waals surface area contributed by atoms with Crippen LogP contribution in [-0.4, -0.2) is 26.7 Å². The lowest BCUT2D eigenvalue weighted by atomic mass is 10.1. The molecule has 0 aliphatic carbocycles. The second-order valence-electron chi connectivity index (χ2n) is 4.02. The second-order valence-corrected chi connectivity index (χ2v) is 4.02. The highest BCUT2D eigenvalue weighted by molar-refractivity contribution is 5.17. The van der Waals surface area contributed by atoms with Gasteiger partial charge in [0.1, 0.15) is 5.69 Å². The minimum Gasteiger partial charge on any atom is -0.396 e. The third-order valence-corrected chi connectivity index (χ3v) is 2.43. The number of aliphatic hydroxyl groups is 1. The number of halogens is 3. The van der Waals surface area contributed by atoms with Gasteiger partial charge in [0.15, 0.2) is 5.69 Å². The lowest BCUT2D eigenvalue weighted by Gasteiger charge is -2.14. The van der Waals surface area contributed by atoms with Crippen LogP contribution in [0, 0.1) is 17.2 Å². The third-order valence-electron chi connectivity index (χ3n) is 2.43. The van der Waals surface area contributed by atoms with E-state index >= 15 is 0 Å². The van der Waals surface area contributed by atoms with Crippen molar-refractivity contribution in [3.05, 3.63) is 11.4 Å². The Labute approximate surface area is 102 Å². The monoisotopic (exact) mass is 262 g/mol. The van der Waals surface area contributed by atoms with Gasteiger partial charge < -0.3 is 5.11 Å². The van der Waals surface area contributed by atoms with E-state index in [4.69, 9.17) is 10.4 Å². The minimum absolute atomic E-state index is 0.00777. The molecule has 0 bridgehead atoms. The average molecular weight is 262 g/mol. The van der Waals surface area contributed by atoms with Crippen LogP contribution in [0.5, 0.6) is 0 Å². The van der Waals surface area contributed by atoms with Gasteiger partial charge in [-0.25, -0.2) is 4.68 Å². The third kappa shape index (κ3) is 3.43. The second kappa shape index (κ2) is 5.82. The highest BCUT2D eigenvalue weighted by Crippen LogP contribution is 2.31. The summed E-state index contributed by atoms with van der Waals surface area (Å²) in [6.45, 7) is 1.62. The van der Waals surface area contributed by atoms with E-state index in [2.05, 4.69) is 10.3 Å². The molecule has 1 heterocycles. The zero-order valence-electron chi connectivity index (χ0n) is 9.78. The van der Waals surface area contributed by atoms with Gasteiger partial charge in [-0.2, -0.15) is 18.4 Å². The molecule has 5 nitrogen and oxygen atoms in total. The van der Waals surface area contributed by atoms with Gasteiger partial charge in [-0.15, -0.1) is 5.10 Å². The van der Waals surface area contributed by atoms with Crippen molar-refractivity contribution < 1.29 is 18.3 Å². The quantitative estimate of drug-likeness (QED) is 0.869. The van der Waals surface area contributed by atoms with Crippen LogP contribution in [-0.2, 0) is 19.1 Å². The maximum atomic E-state index is 12.8. The fourth-order valence-electron chi connectivity index (χ4n) is 1.59. The largest absolute Gasteiger partial charge is 0.434 e. The number of aliphatic hydroxyl groups excluding tert-OH is 1. The van der Waals surface area contributed by atoms with Gasteiger partial charge in [0.05, 0.1) is 12.5 Å². The molecule has 8 heteroatoms. The van der Waals surface area contributed by atoms with E-state index in [0.717, 1.165) is 4.68 Å². The SMILES string of the molecule is CC(CCO)Cn1nnc(CC#N)c1C(F)(F)F. The fraction of sp³-hybridized carbons (Fsp3) is 0.700. The Kier molecular flexibility index (Phi) is 4.67. The maximum Gasteiger partial charge on any atom is 0.434 e. The standard InChI is InChI=1S/C10H13F3N4O/c1-7(3-5-18)6-17-9(10(11,12)13)8(2-4-14)15-16-17/h7,18H,2-3,5-6H2,1H3. The molecule has 100 valence electrons. The maximum absolute atomic E-state index is 12.8. The molecule has 1 N–H and O–H groups in total. The molecule has 0 spiro atoms. The van der Waals surface area contributed by atoms with E-state index in [1.165, 1.54) is 0 Å². The molecule has 0 fully saturated rings. The Balaban J connectivity index is 3.02. The summed E-state index contributed by atoms with van der Waals surface area (Å²) in [4.78, 5) is 0. The number of nitriles is 1. The van der Waals surface area contributed by atoms with E-state index in [-0.39, 0.29) is 24.8 Å². The van der Waals surface area contributed by atoms with Crippen molar-refractivity contribution >= 4 is 0 Å². The molecule has 1 rings (SSSR count). The topological polar surface area (TPSA) is 74.7 Å². The molecule has 1 atom stereocenters. The molecule has 0 saturated carbocycles. The molecule has 1 aromatic rings. The zero-order valence-corrected chi connectivity index (χ0v) is 9.78. The summed E-state index contributed by atoms with van der Waals surface area (Å²) < 4.78 is 39.3. The number of hydrogen-bond acceptors (Lipinski definition) is 4. The van der Waals surface area contributed by atoms with Gasteiger partial charge in [0.25, 0.3) is 0 Å². The summed E-state index contributed by atoms with van der Waals surface area (Å²) in [6, 6.07) is 1.63. The van der Waals surface area contributed by atoms with Crippen molar-refractivity contribution in [2.45, 2.75) is 32.5 Å². The molecule has 0 aliphatic rings. The number of alkyl halides is 3. The molecular weight excluding hydrogens is 249 g/mol. The van der Waals surface area contributed by atoms with Gasteiger partial charge in [0, 0.05) is 13.2 Å². The molecule has 0 radical (unpaired) electrons. The summed E-state index contributed by atoms with van der Waals surface area (Å²) in [7, 11) is 0. The fourth-order valence-corrected chi connectivity index (χ4v) is 1.59. The van der Waals surface area contributed by atoms with Crippen molar-refractivity contribution in [2.75, 3.05) is 6.61 Å². The Morgan fingerprint density at radius 1 is 1.50 bits per heavy atom. The number of hydrogen-bond donors (Lipinski definition) is 1. The van der Waals surface area contributed by atoms with Gasteiger partial charge in [-0.1, -0.05) is 12.1 Å². The first-order chi connectivity index (χ1) is 8.40. The van der Waals surface area contributed by atoms with Crippen LogP contribution < -0.4 is 0 Å². The summed E-state index contributed by atoms with van der Waals surface area (Å²) in [5, 5.41) is 24.0. The van der Waals surface area contributed by atoms with Crippen LogP contribution in [0.15, 0.2) is 0 Å². The smallest absolute Gasteiger partial charge is 0.396 e. The lowest BCUT2D eigenvalue weighted by Crippen LogP contribution is -2.20. The highest BCUT2D eigenvalue weighted by atomic mass is 19.4. The molecule has 0 aliphatic heterocycles. The normalized spacial score (nSPS) is 13.3. The first-order valence-electron chi connectivity index (χ1n) is 5.37. The van der Waals surface area contributed by atoms with Crippen LogP contribution in [0.1, 0.15) is 24.7 Å². The molecule has 1 unspecified atom stereocenters. The van der Waals surface area contributed by atoms with Gasteiger partial charge in [0.2, 0.25) is 0 Å². The lowest BCUT2D eigenvalue weighted by molar-refractivity contribution is -0.145. The van der Waals surface area contributed by atoms with Gasteiger partial charge in [-0.05, 0) is 12.3 Å². The van der Waals surface area contributed by atoms with E-state index in [1.807, 2.05) is 0 Å². The van der Waals surface area contributed by atoms with E-state index in [1.54, 1.807) is 13.0 Å². The van der Waals surface area contributed by atoms with Crippen LogP contribution in [0.25, 0.3) is 0 Å². The molecule has 0 amide bonds. The Hall–Kier alpha value is -1.62. The Morgan fingerprint density at radius 3 is 2.67 bits per heavy atom. The first-order valence-corrected chi connectivity index (χ1v) is 5.37. The molecular formula is C10H13F3N4O.